The van der Waals surface area contributed by atoms with Gasteiger partial charge in [-0.2, -0.15) is 0 Å². The highest BCUT2D eigenvalue weighted by Crippen LogP contribution is 2.69. The monoisotopic (exact) mass is 480 g/mol. The van der Waals surface area contributed by atoms with Crippen molar-refractivity contribution in [3.63, 3.8) is 0 Å². The van der Waals surface area contributed by atoms with E-state index >= 15 is 0 Å². The van der Waals surface area contributed by atoms with Crippen LogP contribution in [0.3, 0.4) is 0 Å². The Morgan fingerprint density at radius 2 is 1.60 bits per heavy atom. The van der Waals surface area contributed by atoms with Crippen LogP contribution in [0.4, 0.5) is 0 Å². The molecule has 0 heterocycles. The van der Waals surface area contributed by atoms with Gasteiger partial charge in [-0.3, -0.25) is 0 Å². The van der Waals surface area contributed by atoms with Crippen LogP contribution < -0.4 is 0 Å². The molecule has 1 aromatic carbocycles. The molecule has 196 valence electrons. The van der Waals surface area contributed by atoms with E-state index in [2.05, 4.69) is 83.0 Å². The van der Waals surface area contributed by atoms with Gasteiger partial charge in [0.1, 0.15) is 0 Å². The zero-order valence-corrected chi connectivity index (χ0v) is 23.7. The maximum absolute atomic E-state index is 12.1. The largest absolute Gasteiger partial charge is 0.385 e. The molecule has 0 spiro atoms. The first-order valence-electron chi connectivity index (χ1n) is 14.6. The normalized spacial score (nSPS) is 44.1. The van der Waals surface area contributed by atoms with Crippen LogP contribution in [0.2, 0.25) is 0 Å². The molecular weight excluding hydrogens is 428 g/mol. The quantitative estimate of drug-likeness (QED) is 0.518. The van der Waals surface area contributed by atoms with Gasteiger partial charge in [-0.1, -0.05) is 38.1 Å². The SMILES string of the molecule is C[C@@H]([C@H]1CC[C@H]2[C@@H]3CC[C@H]4C[C@@](O)(c5ccccc5CN(C)C)CC[C@]4(C)[C@H]3CC[C@]12C)N(C)C. The van der Waals surface area contributed by atoms with Gasteiger partial charge in [0.15, 0.2) is 0 Å². The van der Waals surface area contributed by atoms with E-state index in [0.29, 0.717) is 22.8 Å². The summed E-state index contributed by atoms with van der Waals surface area (Å²) in [4.78, 5) is 4.70. The van der Waals surface area contributed by atoms with Crippen LogP contribution >= 0.6 is 0 Å². The minimum absolute atomic E-state index is 0.401. The Kier molecular flexibility index (Phi) is 6.72. The van der Waals surface area contributed by atoms with Crippen molar-refractivity contribution in [2.75, 3.05) is 28.2 Å². The van der Waals surface area contributed by atoms with E-state index in [9.17, 15) is 5.11 Å². The summed E-state index contributed by atoms with van der Waals surface area (Å²) in [5.41, 5.74) is 2.77. The molecule has 3 nitrogen and oxygen atoms in total. The molecule has 3 heteroatoms. The van der Waals surface area contributed by atoms with Crippen LogP contribution in [-0.4, -0.2) is 49.1 Å². The van der Waals surface area contributed by atoms with Gasteiger partial charge in [-0.15, -0.1) is 0 Å². The third-order valence-electron chi connectivity index (χ3n) is 12.2. The Balaban J connectivity index is 1.37. The predicted molar refractivity (Wildman–Crippen MR) is 146 cm³/mol. The van der Waals surface area contributed by atoms with Gasteiger partial charge in [-0.05, 0) is 144 Å². The van der Waals surface area contributed by atoms with Crippen LogP contribution in [0.25, 0.3) is 0 Å². The van der Waals surface area contributed by atoms with Crippen LogP contribution in [0.15, 0.2) is 24.3 Å². The van der Waals surface area contributed by atoms with E-state index in [1.54, 1.807) is 0 Å². The molecule has 0 aliphatic heterocycles. The molecular formula is C32H52N2O. The second-order valence-electron chi connectivity index (χ2n) is 14.2. The molecule has 4 aliphatic rings. The lowest BCUT2D eigenvalue weighted by atomic mass is 9.43. The highest BCUT2D eigenvalue weighted by molar-refractivity contribution is 5.33. The molecule has 0 amide bonds. The summed E-state index contributed by atoms with van der Waals surface area (Å²) in [5, 5.41) is 12.1. The molecule has 1 N–H and O–H groups in total. The van der Waals surface area contributed by atoms with Gasteiger partial charge < -0.3 is 14.9 Å². The van der Waals surface area contributed by atoms with E-state index in [1.165, 1.54) is 56.1 Å². The zero-order valence-electron chi connectivity index (χ0n) is 23.7. The lowest BCUT2D eigenvalue weighted by Crippen LogP contribution is -2.56. The maximum atomic E-state index is 12.1. The minimum atomic E-state index is -0.660. The van der Waals surface area contributed by atoms with Crippen molar-refractivity contribution in [3.8, 4) is 0 Å². The number of fused-ring (bicyclic) bond motifs is 5. The number of nitrogens with zero attached hydrogens (tertiary/aromatic N) is 2. The lowest BCUT2D eigenvalue weighted by Gasteiger charge is -2.62. The number of hydrogen-bond donors (Lipinski definition) is 1. The van der Waals surface area contributed by atoms with Crippen molar-refractivity contribution in [2.24, 2.45) is 40.4 Å². The fraction of sp³-hybridized carbons (Fsp3) is 0.812. The fourth-order valence-electron chi connectivity index (χ4n) is 10.1. The molecule has 0 aromatic heterocycles. The number of hydrogen-bond acceptors (Lipinski definition) is 3. The second kappa shape index (κ2) is 9.14. The summed E-state index contributed by atoms with van der Waals surface area (Å²) in [6, 6.07) is 9.38. The van der Waals surface area contributed by atoms with Gasteiger partial charge in [-0.25, -0.2) is 0 Å². The third-order valence-corrected chi connectivity index (χ3v) is 12.2. The molecule has 0 unspecified atom stereocenters. The summed E-state index contributed by atoms with van der Waals surface area (Å²) >= 11 is 0. The highest BCUT2D eigenvalue weighted by Gasteiger charge is 2.62. The molecule has 4 aliphatic carbocycles. The van der Waals surface area contributed by atoms with Gasteiger partial charge in [0, 0.05) is 12.6 Å². The second-order valence-corrected chi connectivity index (χ2v) is 14.2. The standard InChI is InChI=1S/C32H52N2O/c1-22(34(6)7)26-14-15-28-25-13-12-24-20-32(35,27-11-9-8-10-23(27)21-33(4)5)19-18-30(24,2)29(25)16-17-31(26,28)3/h8-11,22,24-26,28-29,35H,12-21H2,1-7H3/t22-,24-,25-,26+,28-,29-,30-,31+,32+/m0/s1. The van der Waals surface area contributed by atoms with Crippen molar-refractivity contribution in [2.45, 2.75) is 96.7 Å². The molecule has 4 fully saturated rings. The van der Waals surface area contributed by atoms with Crippen molar-refractivity contribution in [3.05, 3.63) is 35.4 Å². The lowest BCUT2D eigenvalue weighted by molar-refractivity contribution is -0.155. The Labute approximate surface area is 215 Å². The average molecular weight is 481 g/mol. The van der Waals surface area contributed by atoms with Crippen LogP contribution in [0.1, 0.15) is 89.7 Å². The van der Waals surface area contributed by atoms with Gasteiger partial charge >= 0.3 is 0 Å². The molecule has 0 radical (unpaired) electrons. The van der Waals surface area contributed by atoms with Gasteiger partial charge in [0.25, 0.3) is 0 Å². The smallest absolute Gasteiger partial charge is 0.0902 e. The van der Waals surface area contributed by atoms with Gasteiger partial charge in [0.2, 0.25) is 0 Å². The summed E-state index contributed by atoms with van der Waals surface area (Å²) < 4.78 is 0. The summed E-state index contributed by atoms with van der Waals surface area (Å²) in [6.07, 6.45) is 11.5. The first kappa shape index (κ1) is 25.7. The van der Waals surface area contributed by atoms with Gasteiger partial charge in [0.05, 0.1) is 5.60 Å². The van der Waals surface area contributed by atoms with E-state index in [1.807, 2.05) is 0 Å². The molecule has 5 rings (SSSR count). The zero-order chi connectivity index (χ0) is 25.2. The first-order valence-corrected chi connectivity index (χ1v) is 14.6. The summed E-state index contributed by atoms with van der Waals surface area (Å²) in [5.74, 6) is 4.17. The number of rotatable bonds is 5. The predicted octanol–water partition coefficient (Wildman–Crippen LogP) is 6.54. The molecule has 0 saturated heterocycles. The highest BCUT2D eigenvalue weighted by atomic mass is 16.3. The Morgan fingerprint density at radius 1 is 0.886 bits per heavy atom. The van der Waals surface area contributed by atoms with E-state index in [-0.39, 0.29) is 0 Å². The van der Waals surface area contributed by atoms with Crippen LogP contribution in [0, 0.1) is 40.4 Å². The van der Waals surface area contributed by atoms with Crippen molar-refractivity contribution < 1.29 is 5.11 Å². The molecule has 9 atom stereocenters. The van der Waals surface area contributed by atoms with E-state index in [0.717, 1.165) is 43.1 Å². The molecule has 1 aromatic rings. The third kappa shape index (κ3) is 4.12. The maximum Gasteiger partial charge on any atom is 0.0902 e. The van der Waals surface area contributed by atoms with Crippen LogP contribution in [-0.2, 0) is 12.1 Å². The Hall–Kier alpha value is -0.900. The number of benzene rings is 1. The molecule has 35 heavy (non-hydrogen) atoms. The summed E-state index contributed by atoms with van der Waals surface area (Å²) in [6.45, 7) is 8.68. The fourth-order valence-corrected chi connectivity index (χ4v) is 10.1. The van der Waals surface area contributed by atoms with Crippen molar-refractivity contribution in [1.29, 1.82) is 0 Å². The van der Waals surface area contributed by atoms with Crippen molar-refractivity contribution >= 4 is 0 Å². The van der Waals surface area contributed by atoms with E-state index < -0.39 is 5.60 Å². The topological polar surface area (TPSA) is 26.7 Å². The van der Waals surface area contributed by atoms with E-state index in [4.69, 9.17) is 0 Å². The van der Waals surface area contributed by atoms with Crippen molar-refractivity contribution in [1.82, 2.24) is 9.80 Å². The summed E-state index contributed by atoms with van der Waals surface area (Å²) in [7, 11) is 8.81. The Bertz CT molecular complexity index is 913. The molecule has 0 bridgehead atoms. The Morgan fingerprint density at radius 3 is 2.31 bits per heavy atom. The van der Waals surface area contributed by atoms with Crippen LogP contribution in [0.5, 0.6) is 0 Å². The number of aliphatic hydroxyl groups is 1. The minimum Gasteiger partial charge on any atom is -0.385 e. The molecule has 4 saturated carbocycles. The first-order chi connectivity index (χ1) is 16.5. The average Bonchev–Trinajstić information content (AvgIpc) is 3.16.